The minimum absolute atomic E-state index is 0.214. The van der Waals surface area contributed by atoms with Crippen LogP contribution >= 0.6 is 11.6 Å². The summed E-state index contributed by atoms with van der Waals surface area (Å²) in [6.07, 6.45) is 0.718. The number of benzene rings is 2. The van der Waals surface area contributed by atoms with Gasteiger partial charge in [0.2, 0.25) is 5.91 Å². The Labute approximate surface area is 132 Å². The molecule has 1 amide bonds. The number of amides is 1. The van der Waals surface area contributed by atoms with Gasteiger partial charge in [0, 0.05) is 23.2 Å². The molecule has 5 nitrogen and oxygen atoms in total. The van der Waals surface area contributed by atoms with E-state index in [-0.39, 0.29) is 17.9 Å². The molecule has 0 aliphatic heterocycles. The number of aromatic carboxylic acids is 1. The Morgan fingerprint density at radius 1 is 1.14 bits per heavy atom. The smallest absolute Gasteiger partial charge is 0.339 e. The first kappa shape index (κ1) is 15.9. The van der Waals surface area contributed by atoms with Crippen LogP contribution in [0.4, 0.5) is 5.69 Å². The largest absolute Gasteiger partial charge is 0.507 e. The number of carboxylic acids is 1. The molecule has 0 heterocycles. The maximum atomic E-state index is 11.9. The van der Waals surface area contributed by atoms with E-state index in [1.54, 1.807) is 6.07 Å². The Morgan fingerprint density at radius 2 is 1.86 bits per heavy atom. The highest BCUT2D eigenvalue weighted by Gasteiger charge is 2.11. The molecule has 0 unspecified atom stereocenters. The SMILES string of the molecule is O=C(CCc1ccccc1Cl)Nc1ccc(C(=O)O)c(O)c1. The van der Waals surface area contributed by atoms with Gasteiger partial charge in [-0.3, -0.25) is 4.79 Å². The molecule has 2 aromatic rings. The number of aryl methyl sites for hydroxylation is 1. The van der Waals surface area contributed by atoms with Crippen molar-refractivity contribution in [2.45, 2.75) is 12.8 Å². The maximum Gasteiger partial charge on any atom is 0.339 e. The Morgan fingerprint density at radius 3 is 2.50 bits per heavy atom. The van der Waals surface area contributed by atoms with Crippen molar-refractivity contribution in [3.05, 3.63) is 58.6 Å². The number of halogens is 1. The van der Waals surface area contributed by atoms with Crippen LogP contribution in [0.2, 0.25) is 5.02 Å². The molecule has 0 saturated carbocycles. The number of carbonyl (C=O) groups excluding carboxylic acids is 1. The second-order valence-electron chi connectivity index (χ2n) is 4.68. The van der Waals surface area contributed by atoms with E-state index >= 15 is 0 Å². The summed E-state index contributed by atoms with van der Waals surface area (Å²) in [6.45, 7) is 0. The Kier molecular flexibility index (Phi) is 5.01. The Hall–Kier alpha value is -2.53. The minimum atomic E-state index is -1.23. The number of phenols is 1. The zero-order valence-corrected chi connectivity index (χ0v) is 12.3. The molecule has 0 aliphatic rings. The van der Waals surface area contributed by atoms with Gasteiger partial charge >= 0.3 is 5.97 Å². The highest BCUT2D eigenvalue weighted by molar-refractivity contribution is 6.31. The van der Waals surface area contributed by atoms with E-state index in [0.29, 0.717) is 17.1 Å². The third-order valence-corrected chi connectivity index (χ3v) is 3.46. The van der Waals surface area contributed by atoms with Gasteiger partial charge in [-0.2, -0.15) is 0 Å². The van der Waals surface area contributed by atoms with Gasteiger partial charge in [-0.25, -0.2) is 4.79 Å². The van der Waals surface area contributed by atoms with Gasteiger partial charge in [0.05, 0.1) is 0 Å². The summed E-state index contributed by atoms with van der Waals surface area (Å²) in [5.74, 6) is -1.87. The molecule has 0 radical (unpaired) electrons. The molecule has 0 atom stereocenters. The van der Waals surface area contributed by atoms with Crippen LogP contribution in [0.3, 0.4) is 0 Å². The molecule has 2 rings (SSSR count). The first-order valence-electron chi connectivity index (χ1n) is 6.57. The maximum absolute atomic E-state index is 11.9. The number of hydrogen-bond acceptors (Lipinski definition) is 3. The number of carbonyl (C=O) groups is 2. The van der Waals surface area contributed by atoms with Crippen LogP contribution in [0.1, 0.15) is 22.3 Å². The van der Waals surface area contributed by atoms with Crippen molar-refractivity contribution < 1.29 is 19.8 Å². The third kappa shape index (κ3) is 3.99. The van der Waals surface area contributed by atoms with Gasteiger partial charge in [-0.1, -0.05) is 29.8 Å². The fraction of sp³-hybridized carbons (Fsp3) is 0.125. The second-order valence-corrected chi connectivity index (χ2v) is 5.08. The quantitative estimate of drug-likeness (QED) is 0.789. The number of carboxylic acid groups (broad SMARTS) is 1. The van der Waals surface area contributed by atoms with E-state index in [0.717, 1.165) is 5.56 Å². The van der Waals surface area contributed by atoms with Gasteiger partial charge in [-0.15, -0.1) is 0 Å². The molecule has 114 valence electrons. The highest BCUT2D eigenvalue weighted by Crippen LogP contribution is 2.22. The molecule has 0 aromatic heterocycles. The van der Waals surface area contributed by atoms with Crippen molar-refractivity contribution in [3.63, 3.8) is 0 Å². The van der Waals surface area contributed by atoms with E-state index in [1.807, 2.05) is 18.2 Å². The fourth-order valence-corrected chi connectivity index (χ4v) is 2.19. The number of anilines is 1. The lowest BCUT2D eigenvalue weighted by molar-refractivity contribution is -0.116. The van der Waals surface area contributed by atoms with Crippen LogP contribution in [-0.2, 0) is 11.2 Å². The minimum Gasteiger partial charge on any atom is -0.507 e. The summed E-state index contributed by atoms with van der Waals surface area (Å²) in [7, 11) is 0. The van der Waals surface area contributed by atoms with E-state index in [9.17, 15) is 14.7 Å². The van der Waals surface area contributed by atoms with Crippen LogP contribution in [0.25, 0.3) is 0 Å². The topological polar surface area (TPSA) is 86.6 Å². The molecule has 0 bridgehead atoms. The Bertz CT molecular complexity index is 715. The number of nitrogens with one attached hydrogen (secondary N) is 1. The number of hydrogen-bond donors (Lipinski definition) is 3. The summed E-state index contributed by atoms with van der Waals surface area (Å²) in [4.78, 5) is 22.7. The van der Waals surface area contributed by atoms with Gasteiger partial charge in [-0.05, 0) is 30.2 Å². The molecule has 6 heteroatoms. The van der Waals surface area contributed by atoms with Gasteiger partial charge in [0.1, 0.15) is 11.3 Å². The van der Waals surface area contributed by atoms with E-state index in [2.05, 4.69) is 5.32 Å². The summed E-state index contributed by atoms with van der Waals surface area (Å²) >= 11 is 6.02. The Balaban J connectivity index is 1.96. The highest BCUT2D eigenvalue weighted by atomic mass is 35.5. The van der Waals surface area contributed by atoms with Crippen LogP contribution in [-0.4, -0.2) is 22.1 Å². The lowest BCUT2D eigenvalue weighted by Gasteiger charge is -2.08. The van der Waals surface area contributed by atoms with Gasteiger partial charge in [0.15, 0.2) is 0 Å². The number of aromatic hydroxyl groups is 1. The molecule has 0 spiro atoms. The van der Waals surface area contributed by atoms with Crippen molar-refractivity contribution >= 4 is 29.2 Å². The van der Waals surface area contributed by atoms with Gasteiger partial charge in [0.25, 0.3) is 0 Å². The number of rotatable bonds is 5. The molecular formula is C16H14ClNO4. The summed E-state index contributed by atoms with van der Waals surface area (Å²) < 4.78 is 0. The van der Waals surface area contributed by atoms with Crippen molar-refractivity contribution in [2.75, 3.05) is 5.32 Å². The standard InChI is InChI=1S/C16H14ClNO4/c17-13-4-2-1-3-10(13)5-8-15(20)18-11-6-7-12(16(21)22)14(19)9-11/h1-4,6-7,9,19H,5,8H2,(H,18,20)(H,21,22). The van der Waals surface area contributed by atoms with Crippen molar-refractivity contribution in [3.8, 4) is 5.75 Å². The zero-order valence-electron chi connectivity index (χ0n) is 11.5. The molecule has 0 saturated heterocycles. The van der Waals surface area contributed by atoms with E-state index < -0.39 is 11.7 Å². The molecular weight excluding hydrogens is 306 g/mol. The first-order chi connectivity index (χ1) is 10.5. The fourth-order valence-electron chi connectivity index (χ4n) is 1.96. The van der Waals surface area contributed by atoms with Crippen molar-refractivity contribution in [1.82, 2.24) is 0 Å². The van der Waals surface area contributed by atoms with Crippen molar-refractivity contribution in [1.29, 1.82) is 0 Å². The normalized spacial score (nSPS) is 10.2. The molecule has 3 N–H and O–H groups in total. The predicted octanol–water partition coefficient (Wildman–Crippen LogP) is 3.32. The van der Waals surface area contributed by atoms with Crippen LogP contribution in [0.15, 0.2) is 42.5 Å². The van der Waals surface area contributed by atoms with Crippen LogP contribution in [0, 0.1) is 0 Å². The first-order valence-corrected chi connectivity index (χ1v) is 6.94. The summed E-state index contributed by atoms with van der Waals surface area (Å²) in [5, 5.41) is 21.6. The van der Waals surface area contributed by atoms with E-state index in [4.69, 9.17) is 16.7 Å². The lowest BCUT2D eigenvalue weighted by atomic mass is 10.1. The second kappa shape index (κ2) is 6.95. The summed E-state index contributed by atoms with van der Waals surface area (Å²) in [5.41, 5.74) is 1.00. The zero-order chi connectivity index (χ0) is 16.1. The molecule has 2 aromatic carbocycles. The third-order valence-electron chi connectivity index (χ3n) is 3.09. The van der Waals surface area contributed by atoms with Gasteiger partial charge < -0.3 is 15.5 Å². The monoisotopic (exact) mass is 319 g/mol. The van der Waals surface area contributed by atoms with Crippen LogP contribution in [0.5, 0.6) is 5.75 Å². The van der Waals surface area contributed by atoms with E-state index in [1.165, 1.54) is 18.2 Å². The molecule has 0 aliphatic carbocycles. The molecule has 0 fully saturated rings. The molecule has 22 heavy (non-hydrogen) atoms. The average Bonchev–Trinajstić information content (AvgIpc) is 2.46. The van der Waals surface area contributed by atoms with Crippen molar-refractivity contribution in [2.24, 2.45) is 0 Å². The lowest BCUT2D eigenvalue weighted by Crippen LogP contribution is -2.12. The van der Waals surface area contributed by atoms with Crippen LogP contribution < -0.4 is 5.32 Å². The predicted molar refractivity (Wildman–Crippen MR) is 83.5 cm³/mol. The summed E-state index contributed by atoms with van der Waals surface area (Å²) in [6, 6.07) is 11.1. The average molecular weight is 320 g/mol.